The molecular weight excluding hydrogens is 114 g/mol. The molecule has 0 aromatic rings. The standard InChI is InChI=1S/C7H13NO.H2/c1-2-6-4-3-5-8-7(6)9;/h6H,2-5H2,1H3,(H,8,9);1H. The second-order valence-electron chi connectivity index (χ2n) is 2.54. The van der Waals surface area contributed by atoms with Crippen molar-refractivity contribution in [1.82, 2.24) is 5.32 Å². The predicted octanol–water partition coefficient (Wildman–Crippen LogP) is 1.17. The third kappa shape index (κ3) is 1.44. The molecule has 0 saturated carbocycles. The number of amides is 1. The van der Waals surface area contributed by atoms with Crippen LogP contribution in [0.25, 0.3) is 0 Å². The van der Waals surface area contributed by atoms with E-state index in [-0.39, 0.29) is 7.33 Å². The van der Waals surface area contributed by atoms with Gasteiger partial charge in [0.1, 0.15) is 0 Å². The number of carbonyl (C=O) groups is 1. The Morgan fingerprint density at radius 3 is 3.11 bits per heavy atom. The highest BCUT2D eigenvalue weighted by Gasteiger charge is 2.18. The van der Waals surface area contributed by atoms with Crippen LogP contribution in [0.3, 0.4) is 0 Å². The molecule has 0 spiro atoms. The summed E-state index contributed by atoms with van der Waals surface area (Å²) in [6.45, 7) is 2.95. The molecule has 0 bridgehead atoms. The summed E-state index contributed by atoms with van der Waals surface area (Å²) in [7, 11) is 0. The van der Waals surface area contributed by atoms with E-state index >= 15 is 0 Å². The molecule has 9 heavy (non-hydrogen) atoms. The van der Waals surface area contributed by atoms with Crippen LogP contribution in [0.4, 0.5) is 0 Å². The predicted molar refractivity (Wildman–Crippen MR) is 38.1 cm³/mol. The van der Waals surface area contributed by atoms with Gasteiger partial charge >= 0.3 is 0 Å². The second-order valence-corrected chi connectivity index (χ2v) is 2.54. The fraction of sp³-hybridized carbons (Fsp3) is 0.857. The van der Waals surface area contributed by atoms with Gasteiger partial charge in [-0.1, -0.05) is 6.92 Å². The number of rotatable bonds is 1. The normalized spacial score (nSPS) is 27.7. The molecule has 1 amide bonds. The maximum absolute atomic E-state index is 10.9. The minimum atomic E-state index is 0. The molecule has 54 valence electrons. The first-order valence-electron chi connectivity index (χ1n) is 3.62. The Morgan fingerprint density at radius 1 is 1.89 bits per heavy atom. The van der Waals surface area contributed by atoms with Crippen molar-refractivity contribution in [3.05, 3.63) is 0 Å². The molecule has 1 N–H and O–H groups in total. The van der Waals surface area contributed by atoms with E-state index in [4.69, 9.17) is 0 Å². The van der Waals surface area contributed by atoms with E-state index in [9.17, 15) is 4.79 Å². The number of hydrogen-bond donors (Lipinski definition) is 1. The molecule has 1 rings (SSSR count). The highest BCUT2D eigenvalue weighted by molar-refractivity contribution is 5.79. The Balaban J connectivity index is 0.000000810. The second kappa shape index (κ2) is 2.85. The Morgan fingerprint density at radius 2 is 2.67 bits per heavy atom. The van der Waals surface area contributed by atoms with Crippen molar-refractivity contribution >= 4 is 5.91 Å². The van der Waals surface area contributed by atoms with Crippen LogP contribution in [0.15, 0.2) is 0 Å². The van der Waals surface area contributed by atoms with E-state index in [2.05, 4.69) is 12.2 Å². The van der Waals surface area contributed by atoms with Crippen LogP contribution in [0.5, 0.6) is 0 Å². The molecule has 1 fully saturated rings. The van der Waals surface area contributed by atoms with Gasteiger partial charge < -0.3 is 5.32 Å². The summed E-state index contributed by atoms with van der Waals surface area (Å²) in [6.07, 6.45) is 3.23. The van der Waals surface area contributed by atoms with E-state index < -0.39 is 0 Å². The van der Waals surface area contributed by atoms with Gasteiger partial charge in [-0.15, -0.1) is 0 Å². The van der Waals surface area contributed by atoms with Crippen molar-refractivity contribution < 1.29 is 6.22 Å². The van der Waals surface area contributed by atoms with Crippen LogP contribution in [0.2, 0.25) is 0 Å². The van der Waals surface area contributed by atoms with Crippen LogP contribution in [0, 0.1) is 5.92 Å². The van der Waals surface area contributed by atoms with Crippen molar-refractivity contribution in [2.75, 3.05) is 6.54 Å². The van der Waals surface area contributed by atoms with E-state index in [1.165, 1.54) is 0 Å². The molecule has 0 aromatic carbocycles. The van der Waals surface area contributed by atoms with Crippen molar-refractivity contribution in [1.29, 1.82) is 0 Å². The van der Waals surface area contributed by atoms with Crippen LogP contribution in [-0.4, -0.2) is 12.5 Å². The van der Waals surface area contributed by atoms with Crippen LogP contribution >= 0.6 is 0 Å². The third-order valence-corrected chi connectivity index (χ3v) is 1.89. The SMILES string of the molecule is CCC1CCCNC1=O.[HH]. The van der Waals surface area contributed by atoms with Crippen LogP contribution in [0.1, 0.15) is 27.6 Å². The largest absolute Gasteiger partial charge is 0.356 e. The smallest absolute Gasteiger partial charge is 0.223 e. The molecule has 1 atom stereocenters. The number of carbonyl (C=O) groups excluding carboxylic acids is 1. The molecule has 0 aliphatic carbocycles. The average molecular weight is 129 g/mol. The lowest BCUT2D eigenvalue weighted by Crippen LogP contribution is -2.35. The minimum Gasteiger partial charge on any atom is -0.356 e. The summed E-state index contributed by atoms with van der Waals surface area (Å²) in [5, 5.41) is 2.84. The van der Waals surface area contributed by atoms with E-state index in [0.29, 0.717) is 5.92 Å². The van der Waals surface area contributed by atoms with Crippen molar-refractivity contribution in [3.63, 3.8) is 0 Å². The first-order valence-corrected chi connectivity index (χ1v) is 3.62. The molecule has 0 radical (unpaired) electrons. The van der Waals surface area contributed by atoms with Crippen molar-refractivity contribution in [3.8, 4) is 0 Å². The maximum atomic E-state index is 10.9. The summed E-state index contributed by atoms with van der Waals surface area (Å²) >= 11 is 0. The lowest BCUT2D eigenvalue weighted by atomic mass is 9.96. The molecule has 2 nitrogen and oxygen atoms in total. The van der Waals surface area contributed by atoms with Gasteiger partial charge in [-0.05, 0) is 19.3 Å². The van der Waals surface area contributed by atoms with Gasteiger partial charge in [-0.3, -0.25) is 4.79 Å². The fourth-order valence-corrected chi connectivity index (χ4v) is 1.23. The van der Waals surface area contributed by atoms with Gasteiger partial charge in [0.05, 0.1) is 0 Å². The fourth-order valence-electron chi connectivity index (χ4n) is 1.23. The van der Waals surface area contributed by atoms with Crippen molar-refractivity contribution in [2.45, 2.75) is 26.2 Å². The zero-order chi connectivity index (χ0) is 6.69. The first-order chi connectivity index (χ1) is 4.34. The zero-order valence-electron chi connectivity index (χ0n) is 5.81. The van der Waals surface area contributed by atoms with E-state index in [0.717, 1.165) is 25.8 Å². The Kier molecular flexibility index (Phi) is 2.09. The maximum Gasteiger partial charge on any atom is 0.223 e. The zero-order valence-corrected chi connectivity index (χ0v) is 5.81. The lowest BCUT2D eigenvalue weighted by Gasteiger charge is -2.19. The van der Waals surface area contributed by atoms with Gasteiger partial charge in [0.2, 0.25) is 5.91 Å². The number of piperidine rings is 1. The molecule has 1 aliphatic rings. The molecule has 1 heterocycles. The number of nitrogens with one attached hydrogen (secondary N) is 1. The van der Waals surface area contributed by atoms with E-state index in [1.807, 2.05) is 0 Å². The quantitative estimate of drug-likeness (QED) is 0.565. The highest BCUT2D eigenvalue weighted by Crippen LogP contribution is 2.13. The highest BCUT2D eigenvalue weighted by atomic mass is 16.1. The Labute approximate surface area is 57.1 Å². The summed E-state index contributed by atoms with van der Waals surface area (Å²) < 4.78 is 0. The average Bonchev–Trinajstić information content (AvgIpc) is 1.89. The van der Waals surface area contributed by atoms with Gasteiger partial charge in [0, 0.05) is 13.9 Å². The van der Waals surface area contributed by atoms with Crippen molar-refractivity contribution in [2.24, 2.45) is 5.92 Å². The molecular formula is C7H15NO. The van der Waals surface area contributed by atoms with Crippen LogP contribution < -0.4 is 5.32 Å². The summed E-state index contributed by atoms with van der Waals surface area (Å²) in [6, 6.07) is 0. The number of hydrogen-bond acceptors (Lipinski definition) is 1. The minimum absolute atomic E-state index is 0. The molecule has 1 saturated heterocycles. The van der Waals surface area contributed by atoms with E-state index in [1.54, 1.807) is 0 Å². The Hall–Kier alpha value is -0.530. The summed E-state index contributed by atoms with van der Waals surface area (Å²) in [5.74, 6) is 0.558. The Bertz CT molecular complexity index is 116. The van der Waals surface area contributed by atoms with Gasteiger partial charge in [-0.25, -0.2) is 0 Å². The van der Waals surface area contributed by atoms with Gasteiger partial charge in [0.15, 0.2) is 0 Å². The topological polar surface area (TPSA) is 29.1 Å². The van der Waals surface area contributed by atoms with Gasteiger partial charge in [0.25, 0.3) is 0 Å². The first kappa shape index (κ1) is 6.59. The molecule has 0 aromatic heterocycles. The summed E-state index contributed by atoms with van der Waals surface area (Å²) in [5.41, 5.74) is 0. The lowest BCUT2D eigenvalue weighted by molar-refractivity contribution is -0.126. The summed E-state index contributed by atoms with van der Waals surface area (Å²) in [4.78, 5) is 10.9. The molecule has 1 aliphatic heterocycles. The van der Waals surface area contributed by atoms with Gasteiger partial charge in [-0.2, -0.15) is 0 Å². The monoisotopic (exact) mass is 129 g/mol. The third-order valence-electron chi connectivity index (χ3n) is 1.89. The molecule has 2 heteroatoms. The molecule has 1 unspecified atom stereocenters. The van der Waals surface area contributed by atoms with Crippen LogP contribution in [-0.2, 0) is 4.79 Å².